The van der Waals surface area contributed by atoms with Gasteiger partial charge in [0.1, 0.15) is 5.75 Å². The molecule has 1 amide bonds. The highest BCUT2D eigenvalue weighted by atomic mass is 19.4. The van der Waals surface area contributed by atoms with Gasteiger partial charge in [-0.2, -0.15) is 18.3 Å². The number of alkyl halides is 3. The van der Waals surface area contributed by atoms with Crippen molar-refractivity contribution < 1.29 is 40.3 Å². The Morgan fingerprint density at radius 3 is 2.35 bits per heavy atom. The highest BCUT2D eigenvalue weighted by Crippen LogP contribution is 2.22. The smallest absolute Gasteiger partial charge is 0.422 e. The molecule has 5 nitrogen and oxygen atoms in total. The van der Waals surface area contributed by atoms with Crippen molar-refractivity contribution in [3.63, 3.8) is 0 Å². The third-order valence-electron chi connectivity index (χ3n) is 3.90. The van der Waals surface area contributed by atoms with Crippen LogP contribution >= 0.6 is 0 Å². The van der Waals surface area contributed by atoms with Crippen molar-refractivity contribution in [3.05, 3.63) is 77.0 Å². The highest BCUT2D eigenvalue weighted by molar-refractivity contribution is 6.03. The zero-order valence-corrected chi connectivity index (χ0v) is 15.3. The van der Waals surface area contributed by atoms with Gasteiger partial charge in [-0.05, 0) is 18.2 Å². The Labute approximate surface area is 170 Å². The summed E-state index contributed by atoms with van der Waals surface area (Å²) in [5.41, 5.74) is -0.938. The number of hydrogen-bond acceptors (Lipinski definition) is 3. The number of benzene rings is 2. The number of hydrogen-bond donors (Lipinski definition) is 1. The molecule has 0 radical (unpaired) electrons. The summed E-state index contributed by atoms with van der Waals surface area (Å²) >= 11 is 0. The molecule has 0 saturated carbocycles. The van der Waals surface area contributed by atoms with Crippen molar-refractivity contribution in [1.82, 2.24) is 9.78 Å². The maximum absolute atomic E-state index is 13.8. The third kappa shape index (κ3) is 5.53. The predicted molar refractivity (Wildman–Crippen MR) is 93.5 cm³/mol. The van der Waals surface area contributed by atoms with E-state index in [4.69, 9.17) is 0 Å². The number of rotatable bonds is 6. The largest absolute Gasteiger partial charge is 0.484 e. The molecular formula is C19H12F7N3O2. The van der Waals surface area contributed by atoms with Crippen molar-refractivity contribution in [2.75, 3.05) is 11.9 Å². The molecule has 0 saturated heterocycles. The molecule has 0 atom stereocenters. The zero-order valence-electron chi connectivity index (χ0n) is 15.3. The molecule has 0 aliphatic heterocycles. The van der Waals surface area contributed by atoms with Crippen molar-refractivity contribution in [2.45, 2.75) is 12.7 Å². The number of amides is 1. The third-order valence-corrected chi connectivity index (χ3v) is 3.90. The number of anilines is 1. The Morgan fingerprint density at radius 2 is 1.71 bits per heavy atom. The van der Waals surface area contributed by atoms with Gasteiger partial charge in [0.05, 0.1) is 12.1 Å². The average molecular weight is 447 g/mol. The second-order valence-electron chi connectivity index (χ2n) is 6.23. The van der Waals surface area contributed by atoms with E-state index in [0.29, 0.717) is 0 Å². The summed E-state index contributed by atoms with van der Waals surface area (Å²) in [6.07, 6.45) is -3.35. The van der Waals surface area contributed by atoms with Crippen LogP contribution in [-0.4, -0.2) is 28.5 Å². The van der Waals surface area contributed by atoms with E-state index in [2.05, 4.69) is 15.2 Å². The summed E-state index contributed by atoms with van der Waals surface area (Å²) in [6.45, 7) is -2.20. The number of halogens is 7. The van der Waals surface area contributed by atoms with E-state index in [-0.39, 0.29) is 23.2 Å². The number of nitrogens with one attached hydrogen (secondary N) is 1. The lowest BCUT2D eigenvalue weighted by Gasteiger charge is -2.10. The van der Waals surface area contributed by atoms with Gasteiger partial charge in [-0.3, -0.25) is 9.48 Å². The van der Waals surface area contributed by atoms with E-state index >= 15 is 0 Å². The van der Waals surface area contributed by atoms with Crippen LogP contribution in [0.5, 0.6) is 5.75 Å². The Kier molecular flexibility index (Phi) is 6.18. The number of nitrogens with zero attached hydrogens (tertiary/aromatic N) is 2. The zero-order chi connectivity index (χ0) is 22.8. The maximum atomic E-state index is 13.8. The summed E-state index contributed by atoms with van der Waals surface area (Å²) in [5.74, 6) is -7.30. The number of aromatic nitrogens is 2. The first-order chi connectivity index (χ1) is 14.5. The molecule has 0 unspecified atom stereocenters. The van der Waals surface area contributed by atoms with Crippen LogP contribution in [0.25, 0.3) is 0 Å². The average Bonchev–Trinajstić information content (AvgIpc) is 3.15. The molecule has 0 fully saturated rings. The first-order valence-corrected chi connectivity index (χ1v) is 8.50. The van der Waals surface area contributed by atoms with Gasteiger partial charge in [0.25, 0.3) is 5.91 Å². The van der Waals surface area contributed by atoms with Crippen molar-refractivity contribution in [2.24, 2.45) is 0 Å². The second kappa shape index (κ2) is 8.66. The van der Waals surface area contributed by atoms with Gasteiger partial charge in [-0.25, -0.2) is 17.6 Å². The molecule has 1 aromatic heterocycles. The van der Waals surface area contributed by atoms with Gasteiger partial charge in [-0.1, -0.05) is 6.07 Å². The van der Waals surface area contributed by atoms with E-state index in [0.717, 1.165) is 10.7 Å². The van der Waals surface area contributed by atoms with Crippen LogP contribution in [0.1, 0.15) is 15.9 Å². The summed E-state index contributed by atoms with van der Waals surface area (Å²) < 4.78 is 96.3. The molecule has 0 aliphatic rings. The van der Waals surface area contributed by atoms with Crippen LogP contribution < -0.4 is 10.1 Å². The normalized spacial score (nSPS) is 11.5. The van der Waals surface area contributed by atoms with Crippen molar-refractivity contribution in [3.8, 4) is 5.75 Å². The van der Waals surface area contributed by atoms with Crippen LogP contribution in [0, 0.1) is 23.3 Å². The van der Waals surface area contributed by atoms with E-state index in [1.54, 1.807) is 0 Å². The van der Waals surface area contributed by atoms with Gasteiger partial charge in [-0.15, -0.1) is 0 Å². The van der Waals surface area contributed by atoms with Crippen LogP contribution in [0.2, 0.25) is 0 Å². The van der Waals surface area contributed by atoms with Crippen LogP contribution in [0.3, 0.4) is 0 Å². The lowest BCUT2D eigenvalue weighted by atomic mass is 10.2. The van der Waals surface area contributed by atoms with Crippen LogP contribution in [0.15, 0.2) is 42.6 Å². The predicted octanol–water partition coefficient (Wildman–Crippen LogP) is 4.68. The van der Waals surface area contributed by atoms with Crippen molar-refractivity contribution >= 4 is 11.7 Å². The minimum atomic E-state index is -4.55. The molecule has 31 heavy (non-hydrogen) atoms. The molecule has 0 spiro atoms. The number of carbonyl (C=O) groups excluding carboxylic acids is 1. The molecule has 1 heterocycles. The van der Waals surface area contributed by atoms with E-state index in [1.165, 1.54) is 30.5 Å². The fourth-order valence-electron chi connectivity index (χ4n) is 2.52. The van der Waals surface area contributed by atoms with Gasteiger partial charge in [0.15, 0.2) is 35.7 Å². The summed E-state index contributed by atoms with van der Waals surface area (Å²) in [5, 5.41) is 6.16. The molecule has 1 N–H and O–H groups in total. The standard InChI is InChI=1S/C19H12F7N3O2/c20-13-7-14(21)17(23)12(16(13)22)8-29-5-4-15(28-29)27-18(30)10-2-1-3-11(6-10)31-9-19(24,25)26/h1-7H,8-9H2,(H,27,28,30). The number of carbonyl (C=O) groups is 1. The molecule has 2 aromatic carbocycles. The van der Waals surface area contributed by atoms with Crippen LogP contribution in [-0.2, 0) is 6.54 Å². The first-order valence-electron chi connectivity index (χ1n) is 8.50. The van der Waals surface area contributed by atoms with E-state index in [9.17, 15) is 35.5 Å². The van der Waals surface area contributed by atoms with Gasteiger partial charge in [0.2, 0.25) is 0 Å². The highest BCUT2D eigenvalue weighted by Gasteiger charge is 2.28. The maximum Gasteiger partial charge on any atom is 0.422 e. The lowest BCUT2D eigenvalue weighted by molar-refractivity contribution is -0.153. The Morgan fingerprint density at radius 1 is 1.03 bits per heavy atom. The molecular weight excluding hydrogens is 435 g/mol. The summed E-state index contributed by atoms with van der Waals surface area (Å²) in [6, 6.07) is 6.26. The van der Waals surface area contributed by atoms with Crippen molar-refractivity contribution in [1.29, 1.82) is 0 Å². The Bertz CT molecular complexity index is 1090. The van der Waals surface area contributed by atoms with E-state index < -0.39 is 54.1 Å². The monoisotopic (exact) mass is 447 g/mol. The van der Waals surface area contributed by atoms with Gasteiger partial charge >= 0.3 is 6.18 Å². The fourth-order valence-corrected chi connectivity index (χ4v) is 2.52. The summed E-state index contributed by atoms with van der Waals surface area (Å²) in [7, 11) is 0. The Balaban J connectivity index is 1.70. The molecule has 164 valence electrons. The minimum absolute atomic E-state index is 0.0430. The lowest BCUT2D eigenvalue weighted by Crippen LogP contribution is -2.19. The molecule has 3 aromatic rings. The van der Waals surface area contributed by atoms with Crippen LogP contribution in [0.4, 0.5) is 36.6 Å². The quantitative estimate of drug-likeness (QED) is 0.441. The molecule has 3 rings (SSSR count). The number of ether oxygens (including phenoxy) is 1. The minimum Gasteiger partial charge on any atom is -0.484 e. The Hall–Kier alpha value is -3.57. The topological polar surface area (TPSA) is 56.2 Å². The molecule has 0 bridgehead atoms. The van der Waals surface area contributed by atoms with E-state index in [1.807, 2.05) is 0 Å². The van der Waals surface area contributed by atoms with Gasteiger partial charge < -0.3 is 10.1 Å². The second-order valence-corrected chi connectivity index (χ2v) is 6.23. The SMILES string of the molecule is O=C(Nc1ccn(Cc2c(F)c(F)cc(F)c2F)n1)c1cccc(OCC(F)(F)F)c1. The van der Waals surface area contributed by atoms with Gasteiger partial charge in [0, 0.05) is 23.9 Å². The summed E-state index contributed by atoms with van der Waals surface area (Å²) in [4.78, 5) is 12.3. The fraction of sp³-hybridized carbons (Fsp3) is 0.158. The molecule has 12 heteroatoms. The first kappa shape index (κ1) is 22.1. The molecule has 0 aliphatic carbocycles.